The summed E-state index contributed by atoms with van der Waals surface area (Å²) in [7, 11) is 0. The van der Waals surface area contributed by atoms with Crippen LogP contribution in [0.15, 0.2) is 24.8 Å². The van der Waals surface area contributed by atoms with Crippen LogP contribution in [0.5, 0.6) is 0 Å². The molecule has 0 radical (unpaired) electrons. The molecule has 2 rings (SSSR count). The summed E-state index contributed by atoms with van der Waals surface area (Å²) in [4.78, 5) is 12.1. The zero-order valence-corrected chi connectivity index (χ0v) is 9.20. The summed E-state index contributed by atoms with van der Waals surface area (Å²) in [5, 5.41) is 0.444. The van der Waals surface area contributed by atoms with E-state index in [2.05, 4.69) is 21.5 Å². The van der Waals surface area contributed by atoms with Gasteiger partial charge < -0.3 is 4.57 Å². The maximum atomic E-state index is 5.98. The first kappa shape index (κ1) is 10.1. The molecular formula is C10H11ClN4. The van der Waals surface area contributed by atoms with Gasteiger partial charge in [0, 0.05) is 6.54 Å². The standard InChI is InChI=1S/C10H11ClN4/c1-7(2)3-4-15-6-14-10-8(15)9(11)12-5-13-10/h5-6H,1,3-4H2,2H3. The molecule has 2 aromatic heterocycles. The number of rotatable bonds is 3. The molecule has 78 valence electrons. The van der Waals surface area contributed by atoms with Crippen molar-refractivity contribution in [3.05, 3.63) is 30.0 Å². The fourth-order valence-corrected chi connectivity index (χ4v) is 1.59. The number of aryl methyl sites for hydroxylation is 1. The molecule has 0 aliphatic carbocycles. The smallest absolute Gasteiger partial charge is 0.182 e. The van der Waals surface area contributed by atoms with E-state index in [-0.39, 0.29) is 0 Å². The molecule has 0 bridgehead atoms. The second-order valence-corrected chi connectivity index (χ2v) is 3.84. The van der Waals surface area contributed by atoms with Crippen molar-refractivity contribution < 1.29 is 0 Å². The fraction of sp³-hybridized carbons (Fsp3) is 0.300. The van der Waals surface area contributed by atoms with E-state index in [0.717, 1.165) is 24.1 Å². The third-order valence-corrected chi connectivity index (χ3v) is 2.42. The van der Waals surface area contributed by atoms with E-state index in [4.69, 9.17) is 11.6 Å². The number of imidazole rings is 1. The minimum atomic E-state index is 0.444. The Kier molecular flexibility index (Phi) is 2.68. The predicted octanol–water partition coefficient (Wildman–Crippen LogP) is 2.45. The SMILES string of the molecule is C=C(C)CCn1cnc2ncnc(Cl)c21. The Hall–Kier alpha value is -1.42. The minimum Gasteiger partial charge on any atom is -0.326 e. The molecule has 0 amide bonds. The number of hydrogen-bond acceptors (Lipinski definition) is 3. The van der Waals surface area contributed by atoms with Crippen LogP contribution in [-0.4, -0.2) is 19.5 Å². The van der Waals surface area contributed by atoms with Gasteiger partial charge in [0.2, 0.25) is 0 Å². The molecular weight excluding hydrogens is 212 g/mol. The van der Waals surface area contributed by atoms with E-state index >= 15 is 0 Å². The Morgan fingerprint density at radius 3 is 3.00 bits per heavy atom. The molecule has 5 heteroatoms. The van der Waals surface area contributed by atoms with Crippen LogP contribution in [0.4, 0.5) is 0 Å². The number of hydrogen-bond donors (Lipinski definition) is 0. The van der Waals surface area contributed by atoms with E-state index < -0.39 is 0 Å². The maximum absolute atomic E-state index is 5.98. The highest BCUT2D eigenvalue weighted by molar-refractivity contribution is 6.33. The molecule has 0 aliphatic heterocycles. The van der Waals surface area contributed by atoms with Gasteiger partial charge in [0.15, 0.2) is 10.8 Å². The van der Waals surface area contributed by atoms with E-state index in [1.165, 1.54) is 6.33 Å². The van der Waals surface area contributed by atoms with Gasteiger partial charge in [-0.15, -0.1) is 6.58 Å². The van der Waals surface area contributed by atoms with Crippen molar-refractivity contribution in [3.63, 3.8) is 0 Å². The molecule has 0 saturated heterocycles. The van der Waals surface area contributed by atoms with E-state index in [1.807, 2.05) is 11.5 Å². The lowest BCUT2D eigenvalue weighted by Gasteiger charge is -2.03. The van der Waals surface area contributed by atoms with Crippen molar-refractivity contribution in [1.82, 2.24) is 19.5 Å². The molecule has 0 spiro atoms. The molecule has 0 aromatic carbocycles. The van der Waals surface area contributed by atoms with Gasteiger partial charge in [0.05, 0.1) is 6.33 Å². The monoisotopic (exact) mass is 222 g/mol. The first-order valence-electron chi connectivity index (χ1n) is 4.64. The highest BCUT2D eigenvalue weighted by Gasteiger charge is 2.07. The van der Waals surface area contributed by atoms with Gasteiger partial charge in [0.25, 0.3) is 0 Å². The van der Waals surface area contributed by atoms with Gasteiger partial charge in [-0.3, -0.25) is 0 Å². The molecule has 0 saturated carbocycles. The Labute approximate surface area is 92.6 Å². The summed E-state index contributed by atoms with van der Waals surface area (Å²) >= 11 is 5.98. The molecule has 2 heterocycles. The number of allylic oxidation sites excluding steroid dienone is 1. The molecule has 0 aliphatic rings. The van der Waals surface area contributed by atoms with Crippen molar-refractivity contribution >= 4 is 22.8 Å². The van der Waals surface area contributed by atoms with Crippen LogP contribution in [0.25, 0.3) is 11.2 Å². The van der Waals surface area contributed by atoms with Crippen LogP contribution in [0, 0.1) is 0 Å². The molecule has 4 nitrogen and oxygen atoms in total. The number of nitrogens with zero attached hydrogens (tertiary/aromatic N) is 4. The lowest BCUT2D eigenvalue weighted by Crippen LogP contribution is -1.97. The van der Waals surface area contributed by atoms with Gasteiger partial charge in [-0.1, -0.05) is 17.2 Å². The Balaban J connectivity index is 2.39. The van der Waals surface area contributed by atoms with E-state index in [9.17, 15) is 0 Å². The van der Waals surface area contributed by atoms with E-state index in [0.29, 0.717) is 10.8 Å². The largest absolute Gasteiger partial charge is 0.326 e. The zero-order valence-electron chi connectivity index (χ0n) is 8.44. The quantitative estimate of drug-likeness (QED) is 0.592. The first-order valence-corrected chi connectivity index (χ1v) is 5.02. The molecule has 0 unspecified atom stereocenters. The Morgan fingerprint density at radius 2 is 2.27 bits per heavy atom. The second-order valence-electron chi connectivity index (χ2n) is 3.48. The van der Waals surface area contributed by atoms with Crippen LogP contribution in [-0.2, 0) is 6.54 Å². The highest BCUT2D eigenvalue weighted by atomic mass is 35.5. The second kappa shape index (κ2) is 3.98. The third-order valence-electron chi connectivity index (χ3n) is 2.14. The summed E-state index contributed by atoms with van der Waals surface area (Å²) in [5.41, 5.74) is 2.56. The van der Waals surface area contributed by atoms with Gasteiger partial charge in [0.1, 0.15) is 11.8 Å². The summed E-state index contributed by atoms with van der Waals surface area (Å²) in [5.74, 6) is 0. The average molecular weight is 223 g/mol. The van der Waals surface area contributed by atoms with Gasteiger partial charge in [-0.05, 0) is 13.3 Å². The fourth-order valence-electron chi connectivity index (χ4n) is 1.35. The van der Waals surface area contributed by atoms with Gasteiger partial charge >= 0.3 is 0 Å². The summed E-state index contributed by atoms with van der Waals surface area (Å²) in [6, 6.07) is 0. The third kappa shape index (κ3) is 1.99. The molecule has 0 atom stereocenters. The van der Waals surface area contributed by atoms with E-state index in [1.54, 1.807) is 6.33 Å². The summed E-state index contributed by atoms with van der Waals surface area (Å²) < 4.78 is 1.95. The lowest BCUT2D eigenvalue weighted by molar-refractivity contribution is 0.711. The van der Waals surface area contributed by atoms with Gasteiger partial charge in [-0.2, -0.15) is 0 Å². The van der Waals surface area contributed by atoms with Crippen LogP contribution in [0.3, 0.4) is 0 Å². The normalized spacial score (nSPS) is 10.8. The van der Waals surface area contributed by atoms with Crippen LogP contribution in [0.2, 0.25) is 5.15 Å². The zero-order chi connectivity index (χ0) is 10.8. The number of fused-ring (bicyclic) bond motifs is 1. The highest BCUT2D eigenvalue weighted by Crippen LogP contribution is 2.18. The lowest BCUT2D eigenvalue weighted by atomic mass is 10.2. The van der Waals surface area contributed by atoms with Crippen molar-refractivity contribution in [2.45, 2.75) is 19.9 Å². The summed E-state index contributed by atoms with van der Waals surface area (Å²) in [6.45, 7) is 6.66. The number of halogens is 1. The van der Waals surface area contributed by atoms with Crippen LogP contribution >= 0.6 is 11.6 Å². The van der Waals surface area contributed by atoms with Gasteiger partial charge in [-0.25, -0.2) is 15.0 Å². The minimum absolute atomic E-state index is 0.444. The van der Waals surface area contributed by atoms with Crippen molar-refractivity contribution in [2.75, 3.05) is 0 Å². The number of aromatic nitrogens is 4. The molecule has 0 N–H and O–H groups in total. The van der Waals surface area contributed by atoms with Crippen molar-refractivity contribution in [1.29, 1.82) is 0 Å². The maximum Gasteiger partial charge on any atom is 0.182 e. The molecule has 2 aromatic rings. The average Bonchev–Trinajstić information content (AvgIpc) is 2.59. The van der Waals surface area contributed by atoms with Crippen molar-refractivity contribution in [2.24, 2.45) is 0 Å². The Bertz CT molecular complexity index is 503. The van der Waals surface area contributed by atoms with Crippen molar-refractivity contribution in [3.8, 4) is 0 Å². The van der Waals surface area contributed by atoms with Crippen LogP contribution < -0.4 is 0 Å². The predicted molar refractivity (Wildman–Crippen MR) is 59.8 cm³/mol. The van der Waals surface area contributed by atoms with Crippen LogP contribution in [0.1, 0.15) is 13.3 Å². The first-order chi connectivity index (χ1) is 7.18. The topological polar surface area (TPSA) is 43.6 Å². The molecule has 15 heavy (non-hydrogen) atoms. The summed E-state index contributed by atoms with van der Waals surface area (Å²) in [6.07, 6.45) is 4.05. The molecule has 0 fully saturated rings. The Morgan fingerprint density at radius 1 is 1.47 bits per heavy atom.